The van der Waals surface area contributed by atoms with Crippen LogP contribution in [0.3, 0.4) is 0 Å². The molecule has 1 heterocycles. The zero-order chi connectivity index (χ0) is 9.97. The quantitative estimate of drug-likeness (QED) is 0.690. The van der Waals surface area contributed by atoms with Crippen molar-refractivity contribution in [3.8, 4) is 6.07 Å². The molecule has 0 fully saturated rings. The maximum Gasteiger partial charge on any atom is 0.108 e. The lowest BCUT2D eigenvalue weighted by Crippen LogP contribution is -1.94. The third-order valence-corrected chi connectivity index (χ3v) is 2.26. The molecule has 1 unspecified atom stereocenters. The van der Waals surface area contributed by atoms with Crippen LogP contribution in [0.1, 0.15) is 11.5 Å². The van der Waals surface area contributed by atoms with Gasteiger partial charge < -0.3 is 10.4 Å². The molecular formula is C11H9N3. The second-order valence-corrected chi connectivity index (χ2v) is 3.06. The largest absolute Gasteiger partial charge is 0.361 e. The highest BCUT2D eigenvalue weighted by atomic mass is 14.7. The van der Waals surface area contributed by atoms with Gasteiger partial charge in [0.05, 0.1) is 6.07 Å². The molecule has 0 radical (unpaired) electrons. The molecule has 0 saturated carbocycles. The van der Waals surface area contributed by atoms with Crippen molar-refractivity contribution in [2.24, 2.45) is 0 Å². The van der Waals surface area contributed by atoms with Crippen molar-refractivity contribution >= 4 is 17.1 Å². The summed E-state index contributed by atoms with van der Waals surface area (Å²) in [5.74, 6) is -0.453. The lowest BCUT2D eigenvalue weighted by Gasteiger charge is -1.98. The van der Waals surface area contributed by atoms with Crippen LogP contribution in [-0.4, -0.2) is 11.2 Å². The zero-order valence-electron chi connectivity index (χ0n) is 7.49. The Morgan fingerprint density at radius 3 is 2.93 bits per heavy atom. The summed E-state index contributed by atoms with van der Waals surface area (Å²) < 4.78 is 0. The smallest absolute Gasteiger partial charge is 0.108 e. The Kier molecular flexibility index (Phi) is 2.04. The number of nitrogens with zero attached hydrogens (tertiary/aromatic N) is 1. The molecule has 1 aromatic carbocycles. The number of para-hydroxylation sites is 1. The van der Waals surface area contributed by atoms with Crippen molar-refractivity contribution < 1.29 is 0 Å². The van der Waals surface area contributed by atoms with Gasteiger partial charge in [-0.3, -0.25) is 0 Å². The van der Waals surface area contributed by atoms with E-state index in [1.54, 1.807) is 6.20 Å². The summed E-state index contributed by atoms with van der Waals surface area (Å²) in [4.78, 5) is 3.08. The van der Waals surface area contributed by atoms with Gasteiger partial charge in [0, 0.05) is 23.3 Å². The lowest BCUT2D eigenvalue weighted by atomic mass is 10.0. The van der Waals surface area contributed by atoms with Crippen LogP contribution in [0.4, 0.5) is 0 Å². The van der Waals surface area contributed by atoms with Crippen LogP contribution in [0.2, 0.25) is 0 Å². The zero-order valence-corrected chi connectivity index (χ0v) is 7.49. The Hall–Kier alpha value is -2.08. The van der Waals surface area contributed by atoms with E-state index in [0.717, 1.165) is 22.7 Å². The van der Waals surface area contributed by atoms with Crippen molar-refractivity contribution in [2.75, 3.05) is 0 Å². The molecule has 0 aliphatic rings. The molecule has 0 saturated heterocycles. The van der Waals surface area contributed by atoms with E-state index in [-0.39, 0.29) is 0 Å². The Morgan fingerprint density at radius 2 is 2.21 bits per heavy atom. The highest BCUT2D eigenvalue weighted by Gasteiger charge is 2.11. The summed E-state index contributed by atoms with van der Waals surface area (Å²) >= 11 is 0. The number of rotatable bonds is 2. The van der Waals surface area contributed by atoms with Crippen molar-refractivity contribution in [2.45, 2.75) is 5.92 Å². The van der Waals surface area contributed by atoms with Crippen LogP contribution in [-0.2, 0) is 0 Å². The van der Waals surface area contributed by atoms with Gasteiger partial charge in [0.2, 0.25) is 0 Å². The molecule has 0 aliphatic carbocycles. The first-order valence-corrected chi connectivity index (χ1v) is 4.33. The van der Waals surface area contributed by atoms with Gasteiger partial charge in [-0.1, -0.05) is 18.2 Å². The fraction of sp³-hybridized carbons (Fsp3) is 0.0909. The molecule has 2 rings (SSSR count). The average Bonchev–Trinajstić information content (AvgIpc) is 2.65. The van der Waals surface area contributed by atoms with E-state index in [0.29, 0.717) is 0 Å². The van der Waals surface area contributed by atoms with Crippen LogP contribution in [0.25, 0.3) is 10.9 Å². The fourth-order valence-electron chi connectivity index (χ4n) is 1.55. The van der Waals surface area contributed by atoms with Crippen molar-refractivity contribution in [1.29, 1.82) is 10.7 Å². The first kappa shape index (κ1) is 8.52. The minimum atomic E-state index is -0.453. The molecule has 2 aromatic rings. The van der Waals surface area contributed by atoms with Crippen LogP contribution >= 0.6 is 0 Å². The summed E-state index contributed by atoms with van der Waals surface area (Å²) in [5.41, 5.74) is 1.88. The summed E-state index contributed by atoms with van der Waals surface area (Å²) in [6.45, 7) is 0. The molecule has 3 nitrogen and oxygen atoms in total. The number of benzene rings is 1. The third kappa shape index (κ3) is 1.17. The summed E-state index contributed by atoms with van der Waals surface area (Å²) in [6, 6.07) is 9.86. The van der Waals surface area contributed by atoms with Gasteiger partial charge in [0.15, 0.2) is 0 Å². The Morgan fingerprint density at radius 1 is 1.43 bits per heavy atom. The summed E-state index contributed by atoms with van der Waals surface area (Å²) in [6.07, 6.45) is 2.96. The van der Waals surface area contributed by atoms with E-state index in [9.17, 15) is 0 Å². The van der Waals surface area contributed by atoms with Gasteiger partial charge in [-0.25, -0.2) is 0 Å². The second-order valence-electron chi connectivity index (χ2n) is 3.06. The summed E-state index contributed by atoms with van der Waals surface area (Å²) in [7, 11) is 0. The van der Waals surface area contributed by atoms with E-state index in [2.05, 4.69) is 11.1 Å². The lowest BCUT2D eigenvalue weighted by molar-refractivity contribution is 1.17. The normalized spacial score (nSPS) is 12.2. The molecule has 0 aliphatic heterocycles. The average molecular weight is 183 g/mol. The molecule has 0 spiro atoms. The number of nitriles is 1. The Bertz CT molecular complexity index is 504. The predicted octanol–water partition coefficient (Wildman–Crippen LogP) is 2.42. The molecule has 3 heteroatoms. The molecule has 0 bridgehead atoms. The van der Waals surface area contributed by atoms with Gasteiger partial charge in [-0.05, 0) is 11.6 Å². The maximum absolute atomic E-state index is 8.84. The molecule has 1 atom stereocenters. The topological polar surface area (TPSA) is 63.4 Å². The monoisotopic (exact) mass is 183 g/mol. The molecule has 1 aromatic heterocycles. The summed E-state index contributed by atoms with van der Waals surface area (Å²) in [5, 5.41) is 17.0. The number of nitrogens with one attached hydrogen (secondary N) is 2. The van der Waals surface area contributed by atoms with Crippen molar-refractivity contribution in [3.63, 3.8) is 0 Å². The van der Waals surface area contributed by atoms with E-state index in [1.165, 1.54) is 0 Å². The van der Waals surface area contributed by atoms with Crippen LogP contribution in [0.5, 0.6) is 0 Å². The maximum atomic E-state index is 8.84. The van der Waals surface area contributed by atoms with Gasteiger partial charge in [0.1, 0.15) is 5.92 Å². The van der Waals surface area contributed by atoms with Crippen LogP contribution in [0.15, 0.2) is 30.5 Å². The number of aromatic nitrogens is 1. The first-order chi connectivity index (χ1) is 6.86. The van der Waals surface area contributed by atoms with Crippen molar-refractivity contribution in [3.05, 3.63) is 36.0 Å². The number of hydrogen-bond acceptors (Lipinski definition) is 2. The molecule has 14 heavy (non-hydrogen) atoms. The highest BCUT2D eigenvalue weighted by molar-refractivity contribution is 5.88. The Labute approximate surface area is 81.5 Å². The molecule has 2 N–H and O–H groups in total. The number of fused-ring (bicyclic) bond motifs is 1. The molecule has 0 amide bonds. The van der Waals surface area contributed by atoms with E-state index < -0.39 is 5.92 Å². The fourth-order valence-corrected chi connectivity index (χ4v) is 1.55. The minimum Gasteiger partial charge on any atom is -0.361 e. The van der Waals surface area contributed by atoms with Crippen molar-refractivity contribution in [1.82, 2.24) is 4.98 Å². The van der Waals surface area contributed by atoms with E-state index in [1.807, 2.05) is 24.3 Å². The van der Waals surface area contributed by atoms with Gasteiger partial charge in [-0.15, -0.1) is 0 Å². The first-order valence-electron chi connectivity index (χ1n) is 4.33. The second kappa shape index (κ2) is 3.35. The third-order valence-electron chi connectivity index (χ3n) is 2.26. The highest BCUT2D eigenvalue weighted by Crippen LogP contribution is 2.23. The molecule has 68 valence electrons. The van der Waals surface area contributed by atoms with Gasteiger partial charge >= 0.3 is 0 Å². The standard InChI is InChI=1S/C11H9N3/c12-5-8(6-13)10-7-14-11-4-2-1-3-9(10)11/h1-5,7-8,12,14H. The predicted molar refractivity (Wildman–Crippen MR) is 55.4 cm³/mol. The van der Waals surface area contributed by atoms with Crippen LogP contribution < -0.4 is 0 Å². The Balaban J connectivity index is 2.64. The number of hydrogen-bond donors (Lipinski definition) is 2. The minimum absolute atomic E-state index is 0.453. The van der Waals surface area contributed by atoms with Gasteiger partial charge in [0.25, 0.3) is 0 Å². The van der Waals surface area contributed by atoms with Crippen LogP contribution in [0, 0.1) is 16.7 Å². The van der Waals surface area contributed by atoms with E-state index >= 15 is 0 Å². The number of aromatic amines is 1. The number of H-pyrrole nitrogens is 1. The van der Waals surface area contributed by atoms with E-state index in [4.69, 9.17) is 10.7 Å². The van der Waals surface area contributed by atoms with Gasteiger partial charge in [-0.2, -0.15) is 5.26 Å². The SMILES string of the molecule is N#CC(C=N)c1c[nH]c2ccccc12. The molecular weight excluding hydrogens is 174 g/mol.